The second kappa shape index (κ2) is 13.5. The van der Waals surface area contributed by atoms with E-state index < -0.39 is 54.6 Å². The summed E-state index contributed by atoms with van der Waals surface area (Å²) in [6.07, 6.45) is -0.533. The summed E-state index contributed by atoms with van der Waals surface area (Å²) in [5, 5.41) is 15.5. The van der Waals surface area contributed by atoms with Crippen LogP contribution in [0, 0.1) is 0 Å². The Kier molecular flexibility index (Phi) is 9.61. The molecule has 0 fully saturated rings. The van der Waals surface area contributed by atoms with Gasteiger partial charge in [0, 0.05) is 18.4 Å². The lowest BCUT2D eigenvalue weighted by Crippen LogP contribution is -2.54. The Balaban J connectivity index is 1.71. The molecule has 2 unspecified atom stereocenters. The molecule has 0 spiro atoms. The molecule has 3 N–H and O–H groups in total. The fraction of sp³-hybridized carbons (Fsp3) is 0.258. The SMILES string of the molecule is CC(=O)CCC(=O)N1CC(NC(=O)c2cccc3ccccc23)C(=O)N(CC(=O)NC(C=O)CC(=O)O)c2ccccc21. The molecule has 2 atom stereocenters. The average Bonchev–Trinajstić information content (AvgIpc) is 3.09. The number of hydrogen-bond acceptors (Lipinski definition) is 7. The van der Waals surface area contributed by atoms with E-state index in [1.54, 1.807) is 42.5 Å². The lowest BCUT2D eigenvalue weighted by atomic mass is 10.0. The van der Waals surface area contributed by atoms with E-state index in [1.807, 2.05) is 18.2 Å². The van der Waals surface area contributed by atoms with Crippen molar-refractivity contribution in [1.29, 1.82) is 0 Å². The number of nitrogens with zero attached hydrogens (tertiary/aromatic N) is 2. The zero-order valence-corrected chi connectivity index (χ0v) is 23.3. The van der Waals surface area contributed by atoms with Crippen molar-refractivity contribution in [2.45, 2.75) is 38.3 Å². The standard InChI is InChI=1S/C31H30N4O8/c1-19(37)13-14-28(39)34-16-24(33-30(42)23-10-6-8-20-7-2-3-9-22(20)23)31(43)35(26-12-5-4-11-25(26)34)17-27(38)32-21(18-36)15-29(40)41/h2-12,18,21,24H,13-17H2,1H3,(H,32,38)(H,33,42)(H,40,41). The minimum atomic E-state index is -1.33. The lowest BCUT2D eigenvalue weighted by Gasteiger charge is -2.25. The van der Waals surface area contributed by atoms with E-state index in [0.29, 0.717) is 10.9 Å². The molecule has 4 amide bonds. The van der Waals surface area contributed by atoms with Crippen LogP contribution < -0.4 is 20.4 Å². The molecular weight excluding hydrogens is 556 g/mol. The van der Waals surface area contributed by atoms with Crippen molar-refractivity contribution < 1.29 is 38.7 Å². The predicted octanol–water partition coefficient (Wildman–Crippen LogP) is 1.85. The van der Waals surface area contributed by atoms with Crippen LogP contribution >= 0.6 is 0 Å². The third-order valence-electron chi connectivity index (χ3n) is 6.93. The molecule has 0 saturated heterocycles. The Bertz CT molecular complexity index is 1600. The Morgan fingerprint density at radius 3 is 2.33 bits per heavy atom. The fourth-order valence-electron chi connectivity index (χ4n) is 4.89. The second-order valence-corrected chi connectivity index (χ2v) is 10.1. The van der Waals surface area contributed by atoms with E-state index in [0.717, 1.165) is 10.3 Å². The van der Waals surface area contributed by atoms with E-state index in [9.17, 15) is 33.6 Å². The van der Waals surface area contributed by atoms with Gasteiger partial charge >= 0.3 is 5.97 Å². The van der Waals surface area contributed by atoms with Crippen LogP contribution in [0.3, 0.4) is 0 Å². The van der Waals surface area contributed by atoms with Gasteiger partial charge in [-0.1, -0.05) is 48.5 Å². The molecule has 0 aliphatic carbocycles. The maximum absolute atomic E-state index is 14.0. The Morgan fingerprint density at radius 2 is 1.63 bits per heavy atom. The number of hydrogen-bond donors (Lipinski definition) is 3. The summed E-state index contributed by atoms with van der Waals surface area (Å²) in [7, 11) is 0. The van der Waals surface area contributed by atoms with Gasteiger partial charge in [0.15, 0.2) is 0 Å². The Hall–Kier alpha value is -5.39. The van der Waals surface area contributed by atoms with Crippen molar-refractivity contribution in [2.75, 3.05) is 22.9 Å². The predicted molar refractivity (Wildman–Crippen MR) is 157 cm³/mol. The van der Waals surface area contributed by atoms with Gasteiger partial charge in [-0.3, -0.25) is 28.9 Å². The van der Waals surface area contributed by atoms with E-state index in [1.165, 1.54) is 17.9 Å². The largest absolute Gasteiger partial charge is 0.481 e. The van der Waals surface area contributed by atoms with Crippen LogP contribution in [0.15, 0.2) is 66.7 Å². The molecule has 1 aliphatic rings. The van der Waals surface area contributed by atoms with E-state index in [4.69, 9.17) is 5.11 Å². The van der Waals surface area contributed by atoms with Gasteiger partial charge < -0.3 is 30.2 Å². The number of para-hydroxylation sites is 2. The minimum absolute atomic E-state index is 0.0265. The number of Topliss-reactive ketones (excluding diaryl/α,β-unsaturated/α-hetero) is 1. The third-order valence-corrected chi connectivity index (χ3v) is 6.93. The molecule has 0 bridgehead atoms. The van der Waals surface area contributed by atoms with Gasteiger partial charge in [0.2, 0.25) is 11.8 Å². The molecular formula is C31H30N4O8. The Labute approximate surface area is 246 Å². The fourth-order valence-corrected chi connectivity index (χ4v) is 4.89. The summed E-state index contributed by atoms with van der Waals surface area (Å²) in [6.45, 7) is 0.449. The first kappa shape index (κ1) is 30.6. The third kappa shape index (κ3) is 7.28. The lowest BCUT2D eigenvalue weighted by molar-refractivity contribution is -0.139. The molecule has 43 heavy (non-hydrogen) atoms. The van der Waals surface area contributed by atoms with Gasteiger partial charge in [-0.25, -0.2) is 0 Å². The number of anilines is 2. The van der Waals surface area contributed by atoms with Gasteiger partial charge in [0.1, 0.15) is 24.7 Å². The first-order valence-electron chi connectivity index (χ1n) is 13.5. The number of fused-ring (bicyclic) bond motifs is 2. The van der Waals surface area contributed by atoms with Crippen LogP contribution in [-0.4, -0.2) is 71.9 Å². The molecule has 3 aromatic rings. The number of ketones is 1. The molecule has 3 aromatic carbocycles. The first-order chi connectivity index (χ1) is 20.6. The molecule has 1 aliphatic heterocycles. The van der Waals surface area contributed by atoms with Crippen LogP contribution in [0.2, 0.25) is 0 Å². The van der Waals surface area contributed by atoms with Crippen LogP contribution in [0.1, 0.15) is 36.5 Å². The maximum atomic E-state index is 14.0. The molecule has 12 heteroatoms. The van der Waals surface area contributed by atoms with Crippen molar-refractivity contribution in [3.63, 3.8) is 0 Å². The highest BCUT2D eigenvalue weighted by atomic mass is 16.4. The van der Waals surface area contributed by atoms with E-state index >= 15 is 0 Å². The van der Waals surface area contributed by atoms with Crippen molar-refractivity contribution in [3.8, 4) is 0 Å². The monoisotopic (exact) mass is 586 g/mol. The molecule has 0 radical (unpaired) electrons. The number of nitrogens with one attached hydrogen (secondary N) is 2. The van der Waals surface area contributed by atoms with Gasteiger partial charge in [-0.2, -0.15) is 0 Å². The smallest absolute Gasteiger partial charge is 0.305 e. The van der Waals surface area contributed by atoms with Gasteiger partial charge in [-0.05, 0) is 35.9 Å². The zero-order valence-electron chi connectivity index (χ0n) is 23.3. The van der Waals surface area contributed by atoms with Crippen LogP contribution in [0.4, 0.5) is 11.4 Å². The highest BCUT2D eigenvalue weighted by Gasteiger charge is 2.38. The number of carboxylic acids is 1. The number of aliphatic carboxylic acids is 1. The number of rotatable bonds is 11. The average molecular weight is 587 g/mol. The van der Waals surface area contributed by atoms with Crippen molar-refractivity contribution in [1.82, 2.24) is 10.6 Å². The van der Waals surface area contributed by atoms with Gasteiger partial charge in [0.25, 0.3) is 11.8 Å². The normalized spacial score (nSPS) is 15.2. The van der Waals surface area contributed by atoms with E-state index in [2.05, 4.69) is 10.6 Å². The van der Waals surface area contributed by atoms with Gasteiger partial charge in [-0.15, -0.1) is 0 Å². The summed E-state index contributed by atoms with van der Waals surface area (Å²) in [5.41, 5.74) is 0.757. The van der Waals surface area contributed by atoms with Crippen LogP contribution in [-0.2, 0) is 28.8 Å². The van der Waals surface area contributed by atoms with Crippen molar-refractivity contribution in [3.05, 3.63) is 72.3 Å². The topological polar surface area (TPSA) is 170 Å². The second-order valence-electron chi connectivity index (χ2n) is 10.1. The first-order valence-corrected chi connectivity index (χ1v) is 13.5. The van der Waals surface area contributed by atoms with E-state index in [-0.39, 0.29) is 42.8 Å². The zero-order chi connectivity index (χ0) is 31.1. The van der Waals surface area contributed by atoms with Crippen molar-refractivity contribution >= 4 is 63.8 Å². The molecule has 4 rings (SSSR count). The number of aldehydes is 1. The number of carbonyl (C=O) groups excluding carboxylic acids is 6. The highest BCUT2D eigenvalue weighted by Crippen LogP contribution is 2.33. The molecule has 1 heterocycles. The molecule has 222 valence electrons. The summed E-state index contributed by atoms with van der Waals surface area (Å²) < 4.78 is 0. The quantitative estimate of drug-likeness (QED) is 0.286. The summed E-state index contributed by atoms with van der Waals surface area (Å²) in [5.74, 6) is -4.07. The van der Waals surface area contributed by atoms with Crippen molar-refractivity contribution in [2.24, 2.45) is 0 Å². The minimum Gasteiger partial charge on any atom is -0.481 e. The number of benzene rings is 3. The van der Waals surface area contributed by atoms with Crippen LogP contribution in [0.25, 0.3) is 10.8 Å². The number of amides is 4. The highest BCUT2D eigenvalue weighted by molar-refractivity contribution is 6.13. The molecule has 12 nitrogen and oxygen atoms in total. The van der Waals surface area contributed by atoms with Gasteiger partial charge in [0.05, 0.1) is 30.4 Å². The summed E-state index contributed by atoms with van der Waals surface area (Å²) in [4.78, 5) is 90.3. The summed E-state index contributed by atoms with van der Waals surface area (Å²) >= 11 is 0. The number of carbonyl (C=O) groups is 7. The number of carboxylic acid groups (broad SMARTS) is 1. The summed E-state index contributed by atoms with van der Waals surface area (Å²) in [6, 6.07) is 16.1. The Morgan fingerprint density at radius 1 is 0.953 bits per heavy atom. The molecule has 0 aromatic heterocycles. The van der Waals surface area contributed by atoms with Crippen LogP contribution in [0.5, 0.6) is 0 Å². The molecule has 0 saturated carbocycles. The maximum Gasteiger partial charge on any atom is 0.305 e.